The van der Waals surface area contributed by atoms with Crippen molar-refractivity contribution in [3.05, 3.63) is 58.7 Å². The molecule has 0 saturated carbocycles. The van der Waals surface area contributed by atoms with Crippen molar-refractivity contribution >= 4 is 28.4 Å². The second kappa shape index (κ2) is 8.90. The third-order valence-corrected chi connectivity index (χ3v) is 6.89. The molecule has 38 heavy (non-hydrogen) atoms. The Hall–Kier alpha value is -4.33. The van der Waals surface area contributed by atoms with E-state index in [2.05, 4.69) is 24.9 Å². The first kappa shape index (κ1) is 24.0. The normalized spacial score (nSPS) is 15.2. The van der Waals surface area contributed by atoms with E-state index in [0.29, 0.717) is 67.7 Å². The lowest BCUT2D eigenvalue weighted by atomic mass is 10.1. The first-order chi connectivity index (χ1) is 18.2. The van der Waals surface area contributed by atoms with Gasteiger partial charge >= 0.3 is 11.9 Å². The topological polar surface area (TPSA) is 116 Å². The summed E-state index contributed by atoms with van der Waals surface area (Å²) < 4.78 is 48.4. The average Bonchev–Trinajstić information content (AvgIpc) is 3.63. The van der Waals surface area contributed by atoms with Crippen LogP contribution in [0.1, 0.15) is 5.56 Å². The average molecular weight is 528 g/mol. The van der Waals surface area contributed by atoms with Crippen LogP contribution in [0.15, 0.2) is 51.9 Å². The van der Waals surface area contributed by atoms with Crippen LogP contribution in [0.5, 0.6) is 0 Å². The molecule has 4 aromatic heterocycles. The molecule has 0 unspecified atom stereocenters. The van der Waals surface area contributed by atoms with Gasteiger partial charge in [0, 0.05) is 52.0 Å². The summed E-state index contributed by atoms with van der Waals surface area (Å²) in [5, 5.41) is 4.38. The number of alkyl halides is 3. The molecule has 5 heterocycles. The number of benzene rings is 1. The van der Waals surface area contributed by atoms with Crippen LogP contribution in [-0.4, -0.2) is 66.3 Å². The number of hydrogen-bond acceptors (Lipinski definition) is 8. The van der Waals surface area contributed by atoms with Crippen molar-refractivity contribution in [3.8, 4) is 11.6 Å². The predicted molar refractivity (Wildman–Crippen MR) is 134 cm³/mol. The van der Waals surface area contributed by atoms with Crippen molar-refractivity contribution in [1.82, 2.24) is 33.6 Å². The Labute approximate surface area is 213 Å². The van der Waals surface area contributed by atoms with Gasteiger partial charge in [0.15, 0.2) is 17.1 Å². The van der Waals surface area contributed by atoms with Crippen molar-refractivity contribution in [3.63, 3.8) is 0 Å². The van der Waals surface area contributed by atoms with Crippen LogP contribution in [0, 0.1) is 0 Å². The van der Waals surface area contributed by atoms with Crippen molar-refractivity contribution in [2.45, 2.75) is 12.7 Å². The highest BCUT2D eigenvalue weighted by Gasteiger charge is 2.30. The number of anilines is 2. The Bertz CT molecular complexity index is 1660. The Morgan fingerprint density at radius 2 is 1.74 bits per heavy atom. The molecule has 1 aliphatic rings. The number of nitrogen functional groups attached to an aromatic ring is 1. The monoisotopic (exact) mass is 527 g/mol. The minimum Gasteiger partial charge on any atom is -0.461 e. The summed E-state index contributed by atoms with van der Waals surface area (Å²) in [7, 11) is 1.66. The van der Waals surface area contributed by atoms with Crippen molar-refractivity contribution in [1.29, 1.82) is 0 Å². The number of furan rings is 1. The summed E-state index contributed by atoms with van der Waals surface area (Å²) in [5.74, 6) is 0.908. The Kier molecular flexibility index (Phi) is 5.63. The second-order valence-corrected chi connectivity index (χ2v) is 9.16. The molecular formula is C24H24F3N9O2. The van der Waals surface area contributed by atoms with Crippen LogP contribution in [0.25, 0.3) is 28.4 Å². The predicted octanol–water partition coefficient (Wildman–Crippen LogP) is 2.46. The highest BCUT2D eigenvalue weighted by Crippen LogP contribution is 2.31. The van der Waals surface area contributed by atoms with Crippen LogP contribution >= 0.6 is 0 Å². The molecule has 14 heteroatoms. The molecule has 5 aromatic rings. The van der Waals surface area contributed by atoms with E-state index < -0.39 is 11.7 Å². The number of aromatic nitrogens is 6. The SMILES string of the molecule is Cn1c(=O)n(CCN2CCN(c3ccc(C(F)(F)F)cc3)CC2)c2nc(N)n3nc(-c4ccco4)nc3c21. The van der Waals surface area contributed by atoms with Gasteiger partial charge in [-0.1, -0.05) is 0 Å². The second-order valence-electron chi connectivity index (χ2n) is 9.16. The van der Waals surface area contributed by atoms with Gasteiger partial charge < -0.3 is 15.1 Å². The highest BCUT2D eigenvalue weighted by atomic mass is 19.4. The van der Waals surface area contributed by atoms with Gasteiger partial charge in [-0.2, -0.15) is 22.7 Å². The number of nitrogens with two attached hydrogens (primary N) is 1. The number of aryl methyl sites for hydroxylation is 1. The molecule has 2 N–H and O–H groups in total. The van der Waals surface area contributed by atoms with E-state index in [-0.39, 0.29) is 11.6 Å². The smallest absolute Gasteiger partial charge is 0.416 e. The van der Waals surface area contributed by atoms with Crippen molar-refractivity contribution in [2.75, 3.05) is 43.4 Å². The van der Waals surface area contributed by atoms with E-state index >= 15 is 0 Å². The van der Waals surface area contributed by atoms with Gasteiger partial charge in [0.1, 0.15) is 5.52 Å². The third-order valence-electron chi connectivity index (χ3n) is 6.89. The molecule has 0 bridgehead atoms. The maximum absolute atomic E-state index is 13.1. The molecule has 0 amide bonds. The molecule has 11 nitrogen and oxygen atoms in total. The molecule has 198 valence electrons. The lowest BCUT2D eigenvalue weighted by Crippen LogP contribution is -2.47. The fraction of sp³-hybridized carbons (Fsp3) is 0.333. The Morgan fingerprint density at radius 3 is 2.39 bits per heavy atom. The minimum atomic E-state index is -4.35. The van der Waals surface area contributed by atoms with E-state index in [1.54, 1.807) is 23.7 Å². The van der Waals surface area contributed by atoms with Gasteiger partial charge in [-0.05, 0) is 36.4 Å². The zero-order valence-electron chi connectivity index (χ0n) is 20.4. The van der Waals surface area contributed by atoms with Gasteiger partial charge in [0.25, 0.3) is 0 Å². The number of halogens is 3. The first-order valence-electron chi connectivity index (χ1n) is 12.0. The number of piperazine rings is 1. The Balaban J connectivity index is 1.19. The maximum Gasteiger partial charge on any atom is 0.416 e. The third kappa shape index (κ3) is 4.06. The fourth-order valence-electron chi connectivity index (χ4n) is 4.83. The fourth-order valence-corrected chi connectivity index (χ4v) is 4.83. The summed E-state index contributed by atoms with van der Waals surface area (Å²) in [5.41, 5.74) is 7.37. The summed E-state index contributed by atoms with van der Waals surface area (Å²) in [6.45, 7) is 3.72. The quantitative estimate of drug-likeness (QED) is 0.371. The zero-order valence-corrected chi connectivity index (χ0v) is 20.4. The van der Waals surface area contributed by atoms with Crippen LogP contribution in [0.4, 0.5) is 24.8 Å². The molecule has 6 rings (SSSR count). The van der Waals surface area contributed by atoms with E-state index in [9.17, 15) is 18.0 Å². The van der Waals surface area contributed by atoms with Crippen molar-refractivity contribution < 1.29 is 17.6 Å². The number of rotatable bonds is 5. The lowest BCUT2D eigenvalue weighted by molar-refractivity contribution is -0.137. The number of nitrogens with zero attached hydrogens (tertiary/aromatic N) is 8. The minimum absolute atomic E-state index is 0.0994. The van der Waals surface area contributed by atoms with E-state index in [0.717, 1.165) is 17.8 Å². The zero-order chi connectivity index (χ0) is 26.6. The first-order valence-corrected chi connectivity index (χ1v) is 12.0. The molecule has 1 saturated heterocycles. The standard InChI is InChI=1S/C24H24F3N9O2/c1-32-18-20(30-22(28)36-21(18)29-19(31-36)17-3-2-14-38-17)35(23(32)37)13-10-33-8-11-34(12-9-33)16-6-4-15(5-7-16)24(25,26)27/h2-7,14H,8-13H2,1H3,(H2,28,30). The summed E-state index contributed by atoms with van der Waals surface area (Å²) in [4.78, 5) is 26.4. The Morgan fingerprint density at radius 1 is 1.00 bits per heavy atom. The molecule has 1 aromatic carbocycles. The summed E-state index contributed by atoms with van der Waals surface area (Å²) in [6.07, 6.45) is -2.83. The number of hydrogen-bond donors (Lipinski definition) is 1. The van der Waals surface area contributed by atoms with Gasteiger partial charge in [0.05, 0.1) is 11.8 Å². The van der Waals surface area contributed by atoms with Gasteiger partial charge in [-0.3, -0.25) is 14.0 Å². The van der Waals surface area contributed by atoms with Gasteiger partial charge in [-0.15, -0.1) is 5.10 Å². The van der Waals surface area contributed by atoms with E-state index in [1.165, 1.54) is 27.5 Å². The van der Waals surface area contributed by atoms with Crippen LogP contribution in [0.3, 0.4) is 0 Å². The van der Waals surface area contributed by atoms with Crippen LogP contribution in [0.2, 0.25) is 0 Å². The van der Waals surface area contributed by atoms with Crippen LogP contribution < -0.4 is 16.3 Å². The summed E-state index contributed by atoms with van der Waals surface area (Å²) >= 11 is 0. The van der Waals surface area contributed by atoms with Gasteiger partial charge in [-0.25, -0.2) is 9.78 Å². The maximum atomic E-state index is 13.1. The van der Waals surface area contributed by atoms with Crippen LogP contribution in [-0.2, 0) is 19.8 Å². The number of fused-ring (bicyclic) bond motifs is 3. The largest absolute Gasteiger partial charge is 0.461 e. The molecule has 1 aliphatic heterocycles. The van der Waals surface area contributed by atoms with E-state index in [1.807, 2.05) is 0 Å². The molecule has 0 aliphatic carbocycles. The molecule has 0 radical (unpaired) electrons. The lowest BCUT2D eigenvalue weighted by Gasteiger charge is -2.36. The van der Waals surface area contributed by atoms with Crippen molar-refractivity contribution in [2.24, 2.45) is 7.05 Å². The molecular weight excluding hydrogens is 503 g/mol. The van der Waals surface area contributed by atoms with E-state index in [4.69, 9.17) is 10.2 Å². The summed E-state index contributed by atoms with van der Waals surface area (Å²) in [6, 6.07) is 8.69. The molecule has 0 spiro atoms. The van der Waals surface area contributed by atoms with Gasteiger partial charge in [0.2, 0.25) is 11.8 Å². The number of imidazole rings is 1. The highest BCUT2D eigenvalue weighted by molar-refractivity contribution is 5.88. The molecule has 0 atom stereocenters. The molecule has 1 fully saturated rings.